The molecule has 0 amide bonds. The lowest BCUT2D eigenvalue weighted by atomic mass is 10.0. The van der Waals surface area contributed by atoms with Crippen LogP contribution in [0.3, 0.4) is 0 Å². The number of rotatable bonds is 4. The first-order valence-electron chi connectivity index (χ1n) is 5.47. The molecule has 0 aliphatic carbocycles. The zero-order valence-corrected chi connectivity index (χ0v) is 10.8. The monoisotopic (exact) mass is 248 g/mol. The molecule has 1 aromatic heterocycles. The Morgan fingerprint density at radius 2 is 2.24 bits per heavy atom. The average Bonchev–Trinajstić information content (AvgIpc) is 2.82. The van der Waals surface area contributed by atoms with Gasteiger partial charge in [-0.15, -0.1) is 0 Å². The standard InChI is InChI=1S/C12H16N4S/c1-8-3-4-9(2)10(5-8)11(13)6-17-12-14-7-15-16-12/h3-5,7,11H,6,13H2,1-2H3,(H,14,15,16). The minimum Gasteiger partial charge on any atom is -0.323 e. The summed E-state index contributed by atoms with van der Waals surface area (Å²) in [6, 6.07) is 6.39. The molecular formula is C12H16N4S. The van der Waals surface area contributed by atoms with Gasteiger partial charge in [0, 0.05) is 11.8 Å². The van der Waals surface area contributed by atoms with Crippen molar-refractivity contribution in [2.24, 2.45) is 5.73 Å². The second-order valence-electron chi connectivity index (χ2n) is 4.07. The molecule has 0 saturated heterocycles. The molecule has 0 radical (unpaired) electrons. The zero-order valence-electron chi connectivity index (χ0n) is 9.97. The topological polar surface area (TPSA) is 67.6 Å². The first-order chi connectivity index (χ1) is 8.16. The normalized spacial score (nSPS) is 12.6. The lowest BCUT2D eigenvalue weighted by Crippen LogP contribution is -2.14. The number of thioether (sulfide) groups is 1. The van der Waals surface area contributed by atoms with E-state index in [4.69, 9.17) is 5.73 Å². The largest absolute Gasteiger partial charge is 0.323 e. The van der Waals surface area contributed by atoms with Gasteiger partial charge in [-0.1, -0.05) is 35.5 Å². The van der Waals surface area contributed by atoms with E-state index in [2.05, 4.69) is 47.2 Å². The van der Waals surface area contributed by atoms with Crippen LogP contribution in [0.25, 0.3) is 0 Å². The molecule has 4 nitrogen and oxygen atoms in total. The van der Waals surface area contributed by atoms with Crippen LogP contribution < -0.4 is 5.73 Å². The summed E-state index contributed by atoms with van der Waals surface area (Å²) >= 11 is 1.59. The summed E-state index contributed by atoms with van der Waals surface area (Å²) in [7, 11) is 0. The summed E-state index contributed by atoms with van der Waals surface area (Å²) in [4.78, 5) is 4.06. The van der Waals surface area contributed by atoms with Crippen LogP contribution in [-0.4, -0.2) is 20.9 Å². The minimum absolute atomic E-state index is 0.0185. The highest BCUT2D eigenvalue weighted by molar-refractivity contribution is 7.99. The number of nitrogens with one attached hydrogen (secondary N) is 1. The van der Waals surface area contributed by atoms with Gasteiger partial charge in [0.05, 0.1) is 0 Å². The average molecular weight is 248 g/mol. The molecule has 0 aliphatic rings. The Morgan fingerprint density at radius 3 is 2.94 bits per heavy atom. The fourth-order valence-electron chi connectivity index (χ4n) is 1.68. The van der Waals surface area contributed by atoms with E-state index in [0.29, 0.717) is 0 Å². The maximum atomic E-state index is 6.20. The van der Waals surface area contributed by atoms with Crippen molar-refractivity contribution < 1.29 is 0 Å². The van der Waals surface area contributed by atoms with Crippen molar-refractivity contribution >= 4 is 11.8 Å². The van der Waals surface area contributed by atoms with Gasteiger partial charge in [0.1, 0.15) is 6.33 Å². The number of aromatic amines is 1. The maximum absolute atomic E-state index is 6.20. The van der Waals surface area contributed by atoms with Gasteiger partial charge in [-0.2, -0.15) is 5.10 Å². The molecule has 17 heavy (non-hydrogen) atoms. The number of H-pyrrole nitrogens is 1. The lowest BCUT2D eigenvalue weighted by Gasteiger charge is -2.14. The van der Waals surface area contributed by atoms with Gasteiger partial charge in [0.25, 0.3) is 0 Å². The van der Waals surface area contributed by atoms with Crippen LogP contribution in [0, 0.1) is 13.8 Å². The van der Waals surface area contributed by atoms with Gasteiger partial charge in [-0.25, -0.2) is 4.98 Å². The Morgan fingerprint density at radius 1 is 1.41 bits per heavy atom. The summed E-state index contributed by atoms with van der Waals surface area (Å²) in [6.07, 6.45) is 1.51. The first-order valence-corrected chi connectivity index (χ1v) is 6.46. The number of benzene rings is 1. The number of aromatic nitrogens is 3. The first kappa shape index (κ1) is 12.1. The molecule has 1 aromatic carbocycles. The second kappa shape index (κ2) is 5.33. The van der Waals surface area contributed by atoms with Crippen LogP contribution in [0.5, 0.6) is 0 Å². The minimum atomic E-state index is 0.0185. The SMILES string of the molecule is Cc1ccc(C)c(C(N)CSc2ncn[nH]2)c1. The van der Waals surface area contributed by atoms with Gasteiger partial charge in [0.15, 0.2) is 5.16 Å². The third kappa shape index (κ3) is 3.08. The molecular weight excluding hydrogens is 232 g/mol. The smallest absolute Gasteiger partial charge is 0.183 e. The second-order valence-corrected chi connectivity index (χ2v) is 5.08. The number of aryl methyl sites for hydroxylation is 2. The Labute approximate surface area is 105 Å². The quantitative estimate of drug-likeness (QED) is 0.814. The Balaban J connectivity index is 2.04. The van der Waals surface area contributed by atoms with Gasteiger partial charge >= 0.3 is 0 Å². The van der Waals surface area contributed by atoms with Crippen molar-refractivity contribution in [3.63, 3.8) is 0 Å². The summed E-state index contributed by atoms with van der Waals surface area (Å²) in [5.74, 6) is 0.791. The van der Waals surface area contributed by atoms with Crippen molar-refractivity contribution in [1.29, 1.82) is 0 Å². The van der Waals surface area contributed by atoms with Crippen LogP contribution >= 0.6 is 11.8 Å². The van der Waals surface area contributed by atoms with Gasteiger partial charge < -0.3 is 5.73 Å². The predicted molar refractivity (Wildman–Crippen MR) is 70.0 cm³/mol. The summed E-state index contributed by atoms with van der Waals surface area (Å²) < 4.78 is 0. The Kier molecular flexibility index (Phi) is 3.81. The third-order valence-corrected chi connectivity index (χ3v) is 3.62. The van der Waals surface area contributed by atoms with E-state index < -0.39 is 0 Å². The summed E-state index contributed by atoms with van der Waals surface area (Å²) in [5.41, 5.74) is 9.88. The Bertz CT molecular complexity index is 481. The fraction of sp³-hybridized carbons (Fsp3) is 0.333. The van der Waals surface area contributed by atoms with Gasteiger partial charge in [-0.3, -0.25) is 5.10 Å². The highest BCUT2D eigenvalue weighted by Gasteiger charge is 2.10. The fourth-order valence-corrected chi connectivity index (χ4v) is 2.44. The number of nitrogens with two attached hydrogens (primary N) is 1. The van der Waals surface area contributed by atoms with Crippen molar-refractivity contribution in [2.45, 2.75) is 25.0 Å². The third-order valence-electron chi connectivity index (χ3n) is 2.63. The van der Waals surface area contributed by atoms with Gasteiger partial charge in [-0.05, 0) is 25.0 Å². The molecule has 1 unspecified atom stereocenters. The molecule has 0 aliphatic heterocycles. The maximum Gasteiger partial charge on any atom is 0.183 e. The number of hydrogen-bond acceptors (Lipinski definition) is 4. The zero-order chi connectivity index (χ0) is 12.3. The molecule has 2 rings (SSSR count). The highest BCUT2D eigenvalue weighted by Crippen LogP contribution is 2.23. The number of nitrogens with zero attached hydrogens (tertiary/aromatic N) is 2. The molecule has 0 saturated carbocycles. The molecule has 5 heteroatoms. The van der Waals surface area contributed by atoms with E-state index in [1.54, 1.807) is 11.8 Å². The van der Waals surface area contributed by atoms with Crippen LogP contribution in [-0.2, 0) is 0 Å². The lowest BCUT2D eigenvalue weighted by molar-refractivity contribution is 0.817. The summed E-state index contributed by atoms with van der Waals surface area (Å²) in [6.45, 7) is 4.17. The van der Waals surface area contributed by atoms with Crippen LogP contribution in [0.2, 0.25) is 0 Å². The molecule has 0 bridgehead atoms. The number of hydrogen-bond donors (Lipinski definition) is 2. The van der Waals surface area contributed by atoms with E-state index in [1.807, 2.05) is 0 Å². The van der Waals surface area contributed by atoms with E-state index in [1.165, 1.54) is 23.0 Å². The van der Waals surface area contributed by atoms with Crippen molar-refractivity contribution in [3.8, 4) is 0 Å². The van der Waals surface area contributed by atoms with E-state index in [0.717, 1.165) is 10.9 Å². The van der Waals surface area contributed by atoms with Crippen molar-refractivity contribution in [2.75, 3.05) is 5.75 Å². The highest BCUT2D eigenvalue weighted by atomic mass is 32.2. The predicted octanol–water partition coefficient (Wildman–Crippen LogP) is 2.21. The molecule has 90 valence electrons. The van der Waals surface area contributed by atoms with Crippen LogP contribution in [0.1, 0.15) is 22.7 Å². The van der Waals surface area contributed by atoms with E-state index >= 15 is 0 Å². The van der Waals surface area contributed by atoms with Crippen LogP contribution in [0.15, 0.2) is 29.7 Å². The molecule has 0 fully saturated rings. The Hall–Kier alpha value is -1.33. The van der Waals surface area contributed by atoms with Crippen molar-refractivity contribution in [1.82, 2.24) is 15.2 Å². The van der Waals surface area contributed by atoms with Gasteiger partial charge in [0.2, 0.25) is 0 Å². The van der Waals surface area contributed by atoms with Crippen LogP contribution in [0.4, 0.5) is 0 Å². The molecule has 2 aromatic rings. The van der Waals surface area contributed by atoms with Crippen molar-refractivity contribution in [3.05, 3.63) is 41.2 Å². The summed E-state index contributed by atoms with van der Waals surface area (Å²) in [5, 5.41) is 7.43. The molecule has 1 heterocycles. The van der Waals surface area contributed by atoms with E-state index in [9.17, 15) is 0 Å². The molecule has 1 atom stereocenters. The molecule has 3 N–H and O–H groups in total. The molecule has 0 spiro atoms. The van der Waals surface area contributed by atoms with E-state index in [-0.39, 0.29) is 6.04 Å².